The highest BCUT2D eigenvalue weighted by Crippen LogP contribution is 2.24. The zero-order chi connectivity index (χ0) is 17.7. The highest BCUT2D eigenvalue weighted by Gasteiger charge is 2.20. The van der Waals surface area contributed by atoms with Crippen molar-refractivity contribution in [2.24, 2.45) is 0 Å². The second-order valence-electron chi connectivity index (χ2n) is 5.57. The minimum atomic E-state index is -0.279. The number of thioether (sulfide) groups is 1. The molecule has 0 aliphatic rings. The van der Waals surface area contributed by atoms with Gasteiger partial charge in [0.25, 0.3) is 0 Å². The van der Waals surface area contributed by atoms with E-state index in [4.69, 9.17) is 0 Å². The summed E-state index contributed by atoms with van der Waals surface area (Å²) in [5.41, 5.74) is 3.07. The lowest BCUT2D eigenvalue weighted by atomic mass is 10.1. The number of rotatable bonds is 6. The SMILES string of the molecule is CCC(Sc1nc(C)cc(C)n1)C(=O)Nc1ccc(C(C)=O)cc1. The van der Waals surface area contributed by atoms with Crippen LogP contribution in [0.3, 0.4) is 0 Å². The number of nitrogens with one attached hydrogen (secondary N) is 1. The summed E-state index contributed by atoms with van der Waals surface area (Å²) in [6.45, 7) is 7.30. The van der Waals surface area contributed by atoms with Crippen LogP contribution in [0.4, 0.5) is 5.69 Å². The summed E-state index contributed by atoms with van der Waals surface area (Å²) >= 11 is 1.36. The van der Waals surface area contributed by atoms with Crippen molar-refractivity contribution in [3.63, 3.8) is 0 Å². The number of carbonyl (C=O) groups is 2. The molecule has 1 unspecified atom stereocenters. The van der Waals surface area contributed by atoms with E-state index in [-0.39, 0.29) is 16.9 Å². The molecule has 1 aromatic heterocycles. The number of anilines is 1. The van der Waals surface area contributed by atoms with Crippen molar-refractivity contribution in [2.45, 2.75) is 44.5 Å². The smallest absolute Gasteiger partial charge is 0.237 e. The fourth-order valence-electron chi connectivity index (χ4n) is 2.21. The number of Topliss-reactive ketones (excluding diaryl/α,β-unsaturated/α-hetero) is 1. The number of amides is 1. The molecule has 0 spiro atoms. The Balaban J connectivity index is 2.06. The standard InChI is InChI=1S/C18H21N3O2S/c1-5-16(24-18-19-11(2)10-12(3)20-18)17(23)21-15-8-6-14(7-9-15)13(4)22/h6-10,16H,5H2,1-4H3,(H,21,23). The average molecular weight is 343 g/mol. The number of carbonyl (C=O) groups excluding carboxylic acids is 2. The first kappa shape index (κ1) is 18.1. The number of aryl methyl sites for hydroxylation is 2. The van der Waals surface area contributed by atoms with Gasteiger partial charge in [0.1, 0.15) is 0 Å². The molecule has 6 heteroatoms. The van der Waals surface area contributed by atoms with Crippen molar-refractivity contribution >= 4 is 29.1 Å². The van der Waals surface area contributed by atoms with Gasteiger partial charge >= 0.3 is 0 Å². The number of benzene rings is 1. The average Bonchev–Trinajstić information content (AvgIpc) is 2.52. The van der Waals surface area contributed by atoms with Crippen LogP contribution in [-0.2, 0) is 4.79 Å². The third kappa shape index (κ3) is 4.89. The summed E-state index contributed by atoms with van der Waals surface area (Å²) in [7, 11) is 0. The molecule has 2 aromatic rings. The molecular weight excluding hydrogens is 322 g/mol. The Labute approximate surface area is 146 Å². The molecule has 5 nitrogen and oxygen atoms in total. The fraction of sp³-hybridized carbons (Fsp3) is 0.333. The molecule has 0 saturated carbocycles. The molecule has 1 aromatic carbocycles. The van der Waals surface area contributed by atoms with Gasteiger partial charge < -0.3 is 5.32 Å². The van der Waals surface area contributed by atoms with Gasteiger partial charge in [-0.25, -0.2) is 9.97 Å². The van der Waals surface area contributed by atoms with Crippen LogP contribution in [0, 0.1) is 13.8 Å². The zero-order valence-corrected chi connectivity index (χ0v) is 15.1. The lowest BCUT2D eigenvalue weighted by Gasteiger charge is -2.14. The first-order valence-electron chi connectivity index (χ1n) is 7.80. The van der Waals surface area contributed by atoms with Gasteiger partial charge in [-0.3, -0.25) is 9.59 Å². The van der Waals surface area contributed by atoms with Gasteiger partial charge in [-0.1, -0.05) is 18.7 Å². The van der Waals surface area contributed by atoms with Crippen molar-refractivity contribution < 1.29 is 9.59 Å². The molecule has 24 heavy (non-hydrogen) atoms. The Morgan fingerprint density at radius 1 is 1.12 bits per heavy atom. The van der Waals surface area contributed by atoms with E-state index < -0.39 is 0 Å². The van der Waals surface area contributed by atoms with E-state index in [1.54, 1.807) is 24.3 Å². The van der Waals surface area contributed by atoms with E-state index in [1.807, 2.05) is 26.8 Å². The maximum atomic E-state index is 12.5. The third-order valence-corrected chi connectivity index (χ3v) is 4.66. The summed E-state index contributed by atoms with van der Waals surface area (Å²) in [4.78, 5) is 32.5. The molecule has 1 N–H and O–H groups in total. The van der Waals surface area contributed by atoms with E-state index in [0.717, 1.165) is 11.4 Å². The molecule has 0 aliphatic carbocycles. The molecule has 0 aliphatic heterocycles. The maximum absolute atomic E-state index is 12.5. The molecule has 1 amide bonds. The monoisotopic (exact) mass is 343 g/mol. The number of hydrogen-bond acceptors (Lipinski definition) is 5. The largest absolute Gasteiger partial charge is 0.325 e. The molecular formula is C18H21N3O2S. The quantitative estimate of drug-likeness (QED) is 0.490. The fourth-order valence-corrected chi connectivity index (χ4v) is 3.19. The van der Waals surface area contributed by atoms with Crippen LogP contribution in [0.2, 0.25) is 0 Å². The van der Waals surface area contributed by atoms with Crippen molar-refractivity contribution in [1.29, 1.82) is 0 Å². The van der Waals surface area contributed by atoms with Crippen LogP contribution in [0.1, 0.15) is 42.0 Å². The van der Waals surface area contributed by atoms with E-state index in [2.05, 4.69) is 15.3 Å². The van der Waals surface area contributed by atoms with Gasteiger partial charge in [-0.15, -0.1) is 0 Å². The Morgan fingerprint density at radius 3 is 2.21 bits per heavy atom. The van der Waals surface area contributed by atoms with Crippen molar-refractivity contribution in [3.05, 3.63) is 47.3 Å². The first-order chi connectivity index (χ1) is 11.4. The number of aromatic nitrogens is 2. The number of ketones is 1. The highest BCUT2D eigenvalue weighted by atomic mass is 32.2. The summed E-state index contributed by atoms with van der Waals surface area (Å²) in [5.74, 6) is -0.0948. The van der Waals surface area contributed by atoms with Gasteiger partial charge in [-0.2, -0.15) is 0 Å². The topological polar surface area (TPSA) is 72.0 Å². The Bertz CT molecular complexity index is 724. The molecule has 1 atom stereocenters. The summed E-state index contributed by atoms with van der Waals surface area (Å²) in [6, 6.07) is 8.79. The van der Waals surface area contributed by atoms with E-state index in [1.165, 1.54) is 18.7 Å². The van der Waals surface area contributed by atoms with E-state index in [0.29, 0.717) is 22.8 Å². The highest BCUT2D eigenvalue weighted by molar-refractivity contribution is 8.00. The van der Waals surface area contributed by atoms with E-state index in [9.17, 15) is 9.59 Å². The normalized spacial score (nSPS) is 11.8. The third-order valence-electron chi connectivity index (χ3n) is 3.43. The summed E-state index contributed by atoms with van der Waals surface area (Å²) in [6.07, 6.45) is 0.665. The molecule has 0 bridgehead atoms. The Morgan fingerprint density at radius 2 is 1.71 bits per heavy atom. The molecule has 0 radical (unpaired) electrons. The Kier molecular flexibility index (Phi) is 6.09. The van der Waals surface area contributed by atoms with Gasteiger partial charge in [0.15, 0.2) is 10.9 Å². The predicted molar refractivity (Wildman–Crippen MR) is 96.5 cm³/mol. The van der Waals surface area contributed by atoms with Crippen LogP contribution >= 0.6 is 11.8 Å². The maximum Gasteiger partial charge on any atom is 0.237 e. The molecule has 2 rings (SSSR count). The number of nitrogens with zero attached hydrogens (tertiary/aromatic N) is 2. The lowest BCUT2D eigenvalue weighted by molar-refractivity contribution is -0.115. The van der Waals surface area contributed by atoms with Crippen molar-refractivity contribution in [3.8, 4) is 0 Å². The molecule has 1 heterocycles. The van der Waals surface area contributed by atoms with Crippen LogP contribution in [0.5, 0.6) is 0 Å². The lowest BCUT2D eigenvalue weighted by Crippen LogP contribution is -2.25. The Hall–Kier alpha value is -2.21. The van der Waals surface area contributed by atoms with Crippen LogP contribution in [0.25, 0.3) is 0 Å². The van der Waals surface area contributed by atoms with Gasteiger partial charge in [0, 0.05) is 22.6 Å². The predicted octanol–water partition coefficient (Wildman–Crippen LogP) is 3.81. The number of hydrogen-bond donors (Lipinski definition) is 1. The summed E-state index contributed by atoms with van der Waals surface area (Å²) < 4.78 is 0. The van der Waals surface area contributed by atoms with Gasteiger partial charge in [-0.05, 0) is 57.5 Å². The van der Waals surface area contributed by atoms with Gasteiger partial charge in [0.05, 0.1) is 5.25 Å². The minimum absolute atomic E-state index is 0.00170. The van der Waals surface area contributed by atoms with E-state index >= 15 is 0 Å². The summed E-state index contributed by atoms with van der Waals surface area (Å²) in [5, 5.41) is 3.22. The zero-order valence-electron chi connectivity index (χ0n) is 14.3. The minimum Gasteiger partial charge on any atom is -0.325 e. The van der Waals surface area contributed by atoms with Crippen LogP contribution < -0.4 is 5.32 Å². The van der Waals surface area contributed by atoms with Crippen LogP contribution in [-0.4, -0.2) is 26.9 Å². The van der Waals surface area contributed by atoms with Crippen molar-refractivity contribution in [1.82, 2.24) is 9.97 Å². The second-order valence-corrected chi connectivity index (χ2v) is 6.74. The molecule has 0 fully saturated rings. The van der Waals surface area contributed by atoms with Gasteiger partial charge in [0.2, 0.25) is 5.91 Å². The molecule has 0 saturated heterocycles. The molecule has 126 valence electrons. The first-order valence-corrected chi connectivity index (χ1v) is 8.67. The van der Waals surface area contributed by atoms with Crippen molar-refractivity contribution in [2.75, 3.05) is 5.32 Å². The van der Waals surface area contributed by atoms with Crippen LogP contribution in [0.15, 0.2) is 35.5 Å². The second kappa shape index (κ2) is 8.06.